The number of nitrogens with two attached hydrogens (primary N) is 2. The predicted molar refractivity (Wildman–Crippen MR) is 200 cm³/mol. The van der Waals surface area contributed by atoms with Gasteiger partial charge in [0.1, 0.15) is 18.5 Å². The zero-order valence-corrected chi connectivity index (χ0v) is 31.6. The maximum atomic E-state index is 12.6. The molecule has 19 nitrogen and oxygen atoms in total. The third kappa shape index (κ3) is 13.2. The summed E-state index contributed by atoms with van der Waals surface area (Å²) in [5, 5.41) is 6.04. The second-order valence-corrected chi connectivity index (χ2v) is 17.6. The van der Waals surface area contributed by atoms with E-state index in [1.54, 1.807) is 29.0 Å². The van der Waals surface area contributed by atoms with Crippen LogP contribution in [0.5, 0.6) is 0 Å². The summed E-state index contributed by atoms with van der Waals surface area (Å²) in [5.74, 6) is 0.215. The van der Waals surface area contributed by atoms with Crippen LogP contribution >= 0.6 is 14.9 Å². The van der Waals surface area contributed by atoms with Gasteiger partial charge < -0.3 is 50.2 Å². The van der Waals surface area contributed by atoms with Gasteiger partial charge in [-0.05, 0) is 46.2 Å². The summed E-state index contributed by atoms with van der Waals surface area (Å²) in [6, 6.07) is 1.63. The number of anilines is 2. The number of hydrogen-bond donors (Lipinski definition) is 8. The van der Waals surface area contributed by atoms with Crippen molar-refractivity contribution in [3.63, 3.8) is 0 Å². The van der Waals surface area contributed by atoms with Crippen LogP contribution in [0, 0.1) is 0 Å². The molecule has 4 heterocycles. The largest absolute Gasteiger partial charge is 0.385 e. The van der Waals surface area contributed by atoms with E-state index >= 15 is 0 Å². The maximum Gasteiger partial charge on any atom is 0.292 e. The van der Waals surface area contributed by atoms with Crippen LogP contribution in [0.25, 0.3) is 22.2 Å². The van der Waals surface area contributed by atoms with E-state index in [9.17, 15) is 28.5 Å². The second-order valence-electron chi connectivity index (χ2n) is 13.2. The lowest BCUT2D eigenvalue weighted by atomic mass is 10.1. The van der Waals surface area contributed by atoms with Crippen LogP contribution in [0.3, 0.4) is 0 Å². The van der Waals surface area contributed by atoms with Gasteiger partial charge in [0.25, 0.3) is 18.6 Å². The lowest BCUT2D eigenvalue weighted by molar-refractivity contribution is 0.0816. The molecular formula is C31H53N11O8P2. The van der Waals surface area contributed by atoms with Crippen molar-refractivity contribution in [3.05, 3.63) is 39.4 Å². The summed E-state index contributed by atoms with van der Waals surface area (Å²) in [6.45, 7) is 6.14. The number of rotatable bonds is 25. The van der Waals surface area contributed by atoms with E-state index in [0.717, 1.165) is 45.1 Å². The van der Waals surface area contributed by atoms with Crippen molar-refractivity contribution in [1.82, 2.24) is 44.5 Å². The number of aromatic amines is 2. The molecule has 4 aromatic heterocycles. The van der Waals surface area contributed by atoms with Gasteiger partial charge in [0.2, 0.25) is 13.3 Å². The van der Waals surface area contributed by atoms with Crippen molar-refractivity contribution in [1.29, 1.82) is 0 Å². The van der Waals surface area contributed by atoms with E-state index in [-0.39, 0.29) is 59.9 Å². The van der Waals surface area contributed by atoms with Crippen LogP contribution in [0.2, 0.25) is 0 Å². The Labute approximate surface area is 301 Å². The molecule has 0 amide bonds. The molecule has 0 bridgehead atoms. The lowest BCUT2D eigenvalue weighted by Gasteiger charge is -2.18. The molecular weight excluding hydrogens is 716 g/mol. The Hall–Kier alpha value is -3.41. The number of imidazole rings is 2. The quantitative estimate of drug-likeness (QED) is 0.0355. The van der Waals surface area contributed by atoms with Crippen molar-refractivity contribution in [3.8, 4) is 0 Å². The molecule has 0 saturated carbocycles. The Morgan fingerprint density at radius 3 is 2.15 bits per heavy atom. The Morgan fingerprint density at radius 1 is 0.808 bits per heavy atom. The number of nitrogens with zero attached hydrogens (tertiary/aromatic N) is 5. The number of H-pyrrole nitrogens is 2. The van der Waals surface area contributed by atoms with E-state index in [0.29, 0.717) is 43.6 Å². The van der Waals surface area contributed by atoms with E-state index in [1.165, 1.54) is 12.7 Å². The highest BCUT2D eigenvalue weighted by atomic mass is 31.2. The van der Waals surface area contributed by atoms with Gasteiger partial charge in [-0.15, -0.1) is 0 Å². The number of fused-ring (bicyclic) bond motifs is 2. The van der Waals surface area contributed by atoms with Crippen molar-refractivity contribution in [2.24, 2.45) is 0 Å². The lowest BCUT2D eigenvalue weighted by Crippen LogP contribution is -2.24. The Kier molecular flexibility index (Phi) is 15.6. The first-order chi connectivity index (χ1) is 24.7. The first-order valence-corrected chi connectivity index (χ1v) is 21.5. The molecule has 10 N–H and O–H groups in total. The highest BCUT2D eigenvalue weighted by Crippen LogP contribution is 2.42. The number of pyridine rings is 1. The summed E-state index contributed by atoms with van der Waals surface area (Å²) >= 11 is 0. The molecule has 0 aliphatic carbocycles. The first-order valence-electron chi connectivity index (χ1n) is 17.6. The number of ether oxygens (including phenoxy) is 2. The van der Waals surface area contributed by atoms with Crippen molar-refractivity contribution in [2.45, 2.75) is 90.5 Å². The Bertz CT molecular complexity index is 1810. The second kappa shape index (κ2) is 19.6. The molecule has 21 heteroatoms. The van der Waals surface area contributed by atoms with Gasteiger partial charge in [-0.2, -0.15) is 4.98 Å². The summed E-state index contributed by atoms with van der Waals surface area (Å²) in [5.41, 5.74) is 11.9. The SMILES string of the molecule is CC(Cn1cnc2c(=O)[nH]c(N)cc21)OCP(=O)(O)CCCCCCCCCNCCCNP(=O)(O)COC(C)Cn1cnc2c(=O)[nH]c(N)nc21. The van der Waals surface area contributed by atoms with Gasteiger partial charge in [-0.1, -0.05) is 32.1 Å². The molecule has 0 aliphatic heterocycles. The van der Waals surface area contributed by atoms with Crippen LogP contribution in [0.4, 0.5) is 11.8 Å². The third-order valence-electron chi connectivity index (χ3n) is 8.39. The van der Waals surface area contributed by atoms with Crippen LogP contribution in [-0.4, -0.2) is 94.5 Å². The van der Waals surface area contributed by atoms with Crippen LogP contribution in [0.15, 0.2) is 28.3 Å². The minimum Gasteiger partial charge on any atom is -0.385 e. The Balaban J connectivity index is 0.951. The number of nitrogen functional groups attached to an aromatic ring is 2. The molecule has 290 valence electrons. The average molecular weight is 770 g/mol. The van der Waals surface area contributed by atoms with Gasteiger partial charge >= 0.3 is 0 Å². The number of unbranched alkanes of at least 4 members (excludes halogenated alkanes) is 6. The number of hydrogen-bond acceptors (Lipinski definition) is 12. The monoisotopic (exact) mass is 769 g/mol. The van der Waals surface area contributed by atoms with E-state index < -0.39 is 26.6 Å². The van der Waals surface area contributed by atoms with Crippen molar-refractivity contribution >= 4 is 48.9 Å². The first kappa shape index (κ1) is 41.3. The molecule has 4 rings (SSSR count). The van der Waals surface area contributed by atoms with Gasteiger partial charge in [0, 0.05) is 18.8 Å². The van der Waals surface area contributed by atoms with Gasteiger partial charge in [0.15, 0.2) is 16.7 Å². The van der Waals surface area contributed by atoms with E-state index in [1.807, 2.05) is 0 Å². The molecule has 0 spiro atoms. The number of aromatic nitrogens is 7. The fraction of sp³-hybridized carbons (Fsp3) is 0.645. The molecule has 0 saturated heterocycles. The number of nitrogens with one attached hydrogen (secondary N) is 4. The normalized spacial score (nSPS) is 15.5. The minimum absolute atomic E-state index is 0.0220. The minimum atomic E-state index is -3.69. The molecule has 52 heavy (non-hydrogen) atoms. The molecule has 0 fully saturated rings. The highest BCUT2D eigenvalue weighted by Gasteiger charge is 2.21. The molecule has 0 aromatic carbocycles. The van der Waals surface area contributed by atoms with Gasteiger partial charge in [-0.25, -0.2) is 15.1 Å². The van der Waals surface area contributed by atoms with E-state index in [4.69, 9.17) is 20.9 Å². The molecule has 0 radical (unpaired) electrons. The van der Waals surface area contributed by atoms with Gasteiger partial charge in [0.05, 0.1) is 43.5 Å². The van der Waals surface area contributed by atoms with Crippen molar-refractivity contribution in [2.75, 3.05) is 50.0 Å². The molecule has 4 aromatic rings. The van der Waals surface area contributed by atoms with Crippen LogP contribution < -0.4 is 33.0 Å². The molecule has 4 atom stereocenters. The van der Waals surface area contributed by atoms with Crippen LogP contribution in [0.1, 0.15) is 65.2 Å². The standard InChI is InChI=1S/C31H53N11O8P2/c1-22(16-41-18-35-26-24(41)15-25(32)38-29(26)43)49-20-51(45,46)14-9-7-5-3-4-6-8-11-34-12-10-13-37-52(47,48)21-50-23(2)17-42-19-36-27-28(42)39-31(33)40-30(27)44/h15,18-19,22-23,34H,3-14,16-17,20-21H2,1-2H3,(H,45,46)(H3,32,38,43)(H2,37,47,48)(H3,33,39,40,44). The Morgan fingerprint density at radius 2 is 1.40 bits per heavy atom. The fourth-order valence-corrected chi connectivity index (χ4v) is 8.06. The summed E-state index contributed by atoms with van der Waals surface area (Å²) < 4.78 is 39.7. The highest BCUT2D eigenvalue weighted by molar-refractivity contribution is 7.57. The smallest absolute Gasteiger partial charge is 0.292 e. The summed E-state index contributed by atoms with van der Waals surface area (Å²) in [7, 11) is -7.09. The zero-order chi connectivity index (χ0) is 37.7. The zero-order valence-electron chi connectivity index (χ0n) is 29.8. The molecule has 0 aliphatic rings. The summed E-state index contributed by atoms with van der Waals surface area (Å²) in [4.78, 5) is 61.7. The topological polar surface area (TPSA) is 283 Å². The summed E-state index contributed by atoms with van der Waals surface area (Å²) in [6.07, 6.45) is 9.34. The predicted octanol–water partition coefficient (Wildman–Crippen LogP) is 2.50. The average Bonchev–Trinajstić information content (AvgIpc) is 3.67. The maximum absolute atomic E-state index is 12.6. The van der Waals surface area contributed by atoms with E-state index in [2.05, 4.69) is 35.3 Å². The van der Waals surface area contributed by atoms with Gasteiger partial charge in [-0.3, -0.25) is 23.7 Å². The van der Waals surface area contributed by atoms with Crippen LogP contribution in [-0.2, 0) is 31.7 Å². The molecule has 4 unspecified atom stereocenters. The fourth-order valence-electron chi connectivity index (χ4n) is 5.67. The van der Waals surface area contributed by atoms with Crippen molar-refractivity contribution < 1.29 is 28.4 Å². The third-order valence-corrected chi connectivity index (χ3v) is 11.2.